The van der Waals surface area contributed by atoms with Crippen LogP contribution in [-0.4, -0.2) is 4.57 Å². The number of unbranched alkanes of at least 4 members (excludes halogenated alkanes) is 1. The Morgan fingerprint density at radius 2 is 1.09 bits per heavy atom. The van der Waals surface area contributed by atoms with Gasteiger partial charge in [-0.25, -0.2) is 0 Å². The molecule has 1 heterocycles. The summed E-state index contributed by atoms with van der Waals surface area (Å²) in [5, 5.41) is 2.49. The summed E-state index contributed by atoms with van der Waals surface area (Å²) in [4.78, 5) is 2.34. The molecule has 0 unspecified atom stereocenters. The van der Waals surface area contributed by atoms with E-state index in [0.29, 0.717) is 0 Å². The first kappa shape index (κ1) is 27.5. The summed E-state index contributed by atoms with van der Waals surface area (Å²) in [6.45, 7) is 2.24. The van der Waals surface area contributed by atoms with Crippen LogP contribution in [0, 0.1) is 0 Å². The van der Waals surface area contributed by atoms with Gasteiger partial charge in [-0.1, -0.05) is 116 Å². The maximum Gasteiger partial charge on any atom is 0.0542 e. The van der Waals surface area contributed by atoms with E-state index in [4.69, 9.17) is 0 Å². The van der Waals surface area contributed by atoms with Crippen molar-refractivity contribution in [3.63, 3.8) is 0 Å². The molecule has 2 heteroatoms. The topological polar surface area (TPSA) is 8.17 Å². The first-order valence-electron chi connectivity index (χ1n) is 15.6. The van der Waals surface area contributed by atoms with Crippen LogP contribution >= 0.6 is 0 Å². The van der Waals surface area contributed by atoms with Gasteiger partial charge in [0.1, 0.15) is 0 Å². The van der Waals surface area contributed by atoms with Gasteiger partial charge in [0.05, 0.1) is 11.0 Å². The second-order valence-corrected chi connectivity index (χ2v) is 11.3. The lowest BCUT2D eigenvalue weighted by Gasteiger charge is -2.25. The van der Waals surface area contributed by atoms with Crippen molar-refractivity contribution in [3.05, 3.63) is 168 Å². The predicted molar refractivity (Wildman–Crippen MR) is 189 cm³/mol. The Morgan fingerprint density at radius 3 is 1.80 bits per heavy atom. The molecule has 0 saturated heterocycles. The molecule has 0 fully saturated rings. The molecule has 0 atom stereocenters. The van der Waals surface area contributed by atoms with Crippen molar-refractivity contribution in [1.29, 1.82) is 0 Å². The molecular formula is C42H36N2. The number of anilines is 3. The lowest BCUT2D eigenvalue weighted by Crippen LogP contribution is -2.09. The summed E-state index contributed by atoms with van der Waals surface area (Å²) < 4.78 is 2.36. The third-order valence-electron chi connectivity index (χ3n) is 8.36. The summed E-state index contributed by atoms with van der Waals surface area (Å²) in [5.74, 6) is 0. The van der Waals surface area contributed by atoms with Crippen molar-refractivity contribution < 1.29 is 0 Å². The minimum atomic E-state index is 1.12. The van der Waals surface area contributed by atoms with Crippen molar-refractivity contribution in [2.24, 2.45) is 0 Å². The number of fused-ring (bicyclic) bond motifs is 3. The first-order valence-corrected chi connectivity index (χ1v) is 15.6. The van der Waals surface area contributed by atoms with E-state index in [1.807, 2.05) is 0 Å². The second-order valence-electron chi connectivity index (χ2n) is 11.3. The maximum atomic E-state index is 2.36. The Balaban J connectivity index is 1.25. The molecule has 0 aliphatic rings. The summed E-state index contributed by atoms with van der Waals surface area (Å²) in [5.41, 5.74) is 10.8. The van der Waals surface area contributed by atoms with E-state index in [1.165, 1.54) is 57.0 Å². The number of benzene rings is 6. The fraction of sp³-hybridized carbons (Fsp3) is 0.0952. The average molecular weight is 569 g/mol. The number of rotatable bonds is 9. The summed E-state index contributed by atoms with van der Waals surface area (Å²) in [6.07, 6.45) is 8.02. The van der Waals surface area contributed by atoms with Crippen LogP contribution in [0.5, 0.6) is 0 Å². The van der Waals surface area contributed by atoms with Crippen LogP contribution in [0.15, 0.2) is 152 Å². The lowest BCUT2D eigenvalue weighted by atomic mass is 10.1. The summed E-state index contributed by atoms with van der Waals surface area (Å²) >= 11 is 0. The van der Waals surface area contributed by atoms with Gasteiger partial charge in [-0.2, -0.15) is 0 Å². The van der Waals surface area contributed by atoms with E-state index in [9.17, 15) is 0 Å². The van der Waals surface area contributed by atoms with Crippen LogP contribution in [0.3, 0.4) is 0 Å². The number of nitrogens with zero attached hydrogens (tertiary/aromatic N) is 2. The van der Waals surface area contributed by atoms with Crippen molar-refractivity contribution in [1.82, 2.24) is 4.57 Å². The molecule has 7 aromatic rings. The van der Waals surface area contributed by atoms with Gasteiger partial charge in [0.2, 0.25) is 0 Å². The Kier molecular flexibility index (Phi) is 7.80. The van der Waals surface area contributed by atoms with Crippen LogP contribution in [0.25, 0.3) is 39.6 Å². The molecule has 6 aromatic carbocycles. The highest BCUT2D eigenvalue weighted by Crippen LogP contribution is 2.39. The van der Waals surface area contributed by atoms with Crippen LogP contribution in [0.1, 0.15) is 36.5 Å². The monoisotopic (exact) mass is 568 g/mol. The molecule has 44 heavy (non-hydrogen) atoms. The zero-order chi connectivity index (χ0) is 29.7. The molecule has 2 nitrogen and oxygen atoms in total. The van der Waals surface area contributed by atoms with Gasteiger partial charge in [0.25, 0.3) is 0 Å². The normalized spacial score (nSPS) is 11.5. The van der Waals surface area contributed by atoms with E-state index in [2.05, 4.69) is 180 Å². The summed E-state index contributed by atoms with van der Waals surface area (Å²) in [7, 11) is 0. The number of hydrogen-bond acceptors (Lipinski definition) is 1. The highest BCUT2D eigenvalue weighted by molar-refractivity contribution is 6.10. The Bertz CT molecular complexity index is 2020. The van der Waals surface area contributed by atoms with E-state index in [1.54, 1.807) is 0 Å². The minimum absolute atomic E-state index is 1.12. The van der Waals surface area contributed by atoms with Gasteiger partial charge in [0, 0.05) is 33.5 Å². The van der Waals surface area contributed by atoms with Crippen molar-refractivity contribution in [2.45, 2.75) is 26.2 Å². The number of aryl methyl sites for hydroxylation is 1. The quantitative estimate of drug-likeness (QED) is 0.157. The van der Waals surface area contributed by atoms with Gasteiger partial charge < -0.3 is 9.47 Å². The number of para-hydroxylation sites is 3. The fourth-order valence-corrected chi connectivity index (χ4v) is 6.08. The fourth-order valence-electron chi connectivity index (χ4n) is 6.08. The molecule has 0 bridgehead atoms. The molecule has 0 saturated carbocycles. The third-order valence-corrected chi connectivity index (χ3v) is 8.36. The molecule has 214 valence electrons. The smallest absolute Gasteiger partial charge is 0.0542 e. The van der Waals surface area contributed by atoms with Crippen LogP contribution < -0.4 is 4.90 Å². The van der Waals surface area contributed by atoms with Gasteiger partial charge in [-0.15, -0.1) is 0 Å². The van der Waals surface area contributed by atoms with Crippen LogP contribution in [-0.2, 0) is 6.42 Å². The Morgan fingerprint density at radius 1 is 0.523 bits per heavy atom. The van der Waals surface area contributed by atoms with E-state index in [0.717, 1.165) is 23.5 Å². The number of hydrogen-bond donors (Lipinski definition) is 0. The van der Waals surface area contributed by atoms with Gasteiger partial charge in [0.15, 0.2) is 0 Å². The molecular weight excluding hydrogens is 532 g/mol. The van der Waals surface area contributed by atoms with E-state index < -0.39 is 0 Å². The molecule has 0 N–H and O–H groups in total. The van der Waals surface area contributed by atoms with Gasteiger partial charge in [-0.3, -0.25) is 0 Å². The molecule has 7 rings (SSSR count). The molecule has 0 amide bonds. The predicted octanol–water partition coefficient (Wildman–Crippen LogP) is 11.8. The highest BCUT2D eigenvalue weighted by atomic mass is 15.1. The van der Waals surface area contributed by atoms with Crippen molar-refractivity contribution in [3.8, 4) is 5.69 Å². The third kappa shape index (κ3) is 5.55. The molecule has 0 aliphatic heterocycles. The van der Waals surface area contributed by atoms with Crippen LogP contribution in [0.2, 0.25) is 0 Å². The standard InChI is InChI=1S/C42H36N2/c1-2-3-12-32-19-21-33(22-20-32)23-24-34-25-27-37(28-26-34)43(35-13-6-4-7-14-35)38-29-30-42-40(31-38)39-17-10-11-18-41(39)44(42)36-15-8-5-9-16-36/h4-11,13-31H,2-3,12H2,1H3/b24-23+. The second kappa shape index (κ2) is 12.5. The Labute approximate surface area is 260 Å². The zero-order valence-corrected chi connectivity index (χ0v) is 25.1. The molecule has 0 radical (unpaired) electrons. The lowest BCUT2D eigenvalue weighted by molar-refractivity contribution is 0.795. The maximum absolute atomic E-state index is 2.36. The minimum Gasteiger partial charge on any atom is -0.310 e. The van der Waals surface area contributed by atoms with Crippen molar-refractivity contribution in [2.75, 3.05) is 4.90 Å². The molecule has 0 aliphatic carbocycles. The van der Waals surface area contributed by atoms with Gasteiger partial charge in [-0.05, 0) is 90.2 Å². The molecule has 0 spiro atoms. The first-order chi connectivity index (χ1) is 21.8. The van der Waals surface area contributed by atoms with E-state index >= 15 is 0 Å². The Hall–Kier alpha value is -5.34. The zero-order valence-electron chi connectivity index (χ0n) is 25.1. The highest BCUT2D eigenvalue weighted by Gasteiger charge is 2.17. The summed E-state index contributed by atoms with van der Waals surface area (Å²) in [6, 6.07) is 54.6. The molecule has 1 aromatic heterocycles. The average Bonchev–Trinajstić information content (AvgIpc) is 3.42. The van der Waals surface area contributed by atoms with Gasteiger partial charge >= 0.3 is 0 Å². The van der Waals surface area contributed by atoms with E-state index in [-0.39, 0.29) is 0 Å². The largest absolute Gasteiger partial charge is 0.310 e. The van der Waals surface area contributed by atoms with Crippen LogP contribution in [0.4, 0.5) is 17.1 Å². The SMILES string of the molecule is CCCCc1ccc(/C=C/c2ccc(N(c3ccccc3)c3ccc4c(c3)c3ccccc3n4-c3ccccc3)cc2)cc1. The van der Waals surface area contributed by atoms with Crippen molar-refractivity contribution >= 4 is 51.0 Å². The number of aromatic nitrogens is 1.